The largest absolute Gasteiger partial charge is 0.481 e. The third-order valence-corrected chi connectivity index (χ3v) is 7.66. The van der Waals surface area contributed by atoms with Crippen molar-refractivity contribution in [2.24, 2.45) is 11.3 Å². The number of nitrogens with zero attached hydrogens (tertiary/aromatic N) is 3. The van der Waals surface area contributed by atoms with Crippen LogP contribution in [-0.2, 0) is 4.79 Å². The summed E-state index contributed by atoms with van der Waals surface area (Å²) >= 11 is 0. The monoisotopic (exact) mass is 467 g/mol. The van der Waals surface area contributed by atoms with Crippen LogP contribution >= 0.6 is 0 Å². The summed E-state index contributed by atoms with van der Waals surface area (Å²) in [6.45, 7) is 0. The Morgan fingerprint density at radius 1 is 1.03 bits per heavy atom. The molecule has 8 heteroatoms. The molecule has 0 radical (unpaired) electrons. The minimum atomic E-state index is -0.638. The maximum atomic E-state index is 12.5. The van der Waals surface area contributed by atoms with Gasteiger partial charge in [-0.1, -0.05) is 42.5 Å². The molecule has 2 aliphatic rings. The lowest BCUT2D eigenvalue weighted by Crippen LogP contribution is -2.18. The zero-order valence-electron chi connectivity index (χ0n) is 19.1. The van der Waals surface area contributed by atoms with Crippen molar-refractivity contribution in [3.63, 3.8) is 0 Å². The lowest BCUT2D eigenvalue weighted by Gasteiger charge is -2.29. The van der Waals surface area contributed by atoms with Gasteiger partial charge in [0.25, 0.3) is 5.56 Å². The lowest BCUT2D eigenvalue weighted by atomic mass is 9.76. The summed E-state index contributed by atoms with van der Waals surface area (Å²) < 4.78 is 0. The Labute approximate surface area is 201 Å². The van der Waals surface area contributed by atoms with Gasteiger partial charge in [-0.3, -0.25) is 9.59 Å². The van der Waals surface area contributed by atoms with Crippen LogP contribution in [0.2, 0.25) is 0 Å². The van der Waals surface area contributed by atoms with Crippen LogP contribution in [0.25, 0.3) is 22.3 Å². The van der Waals surface area contributed by atoms with Gasteiger partial charge in [-0.25, -0.2) is 15.1 Å². The summed E-state index contributed by atoms with van der Waals surface area (Å²) in [4.78, 5) is 33.1. The molecule has 8 nitrogen and oxygen atoms in total. The minimum absolute atomic E-state index is 0.0519. The number of benzene rings is 2. The van der Waals surface area contributed by atoms with Crippen LogP contribution in [0.1, 0.15) is 43.6 Å². The molecule has 0 aliphatic heterocycles. The second-order valence-electron chi connectivity index (χ2n) is 9.70. The van der Waals surface area contributed by atoms with Crippen molar-refractivity contribution in [3.05, 3.63) is 76.7 Å². The van der Waals surface area contributed by atoms with Crippen molar-refractivity contribution >= 4 is 28.4 Å². The van der Waals surface area contributed by atoms with Gasteiger partial charge in [0, 0.05) is 11.3 Å². The Hall–Kier alpha value is -4.07. The quantitative estimate of drug-likeness (QED) is 0.383. The van der Waals surface area contributed by atoms with E-state index >= 15 is 0 Å². The standard InChI is InChI=1S/C27H25N5O3/c33-25-22-21(15-28-32-25)30-23(18-4-2-1-3-5-18)31-24(22)29-19-8-6-16(7-9-19)17-10-12-27(13-11-17)14-20(27)26(34)35/h1-9,15,17,20H,10-14H2,(H,32,33)(H,34,35)(H,29,30,31). The number of aromatic nitrogens is 4. The number of H-pyrrole nitrogens is 1. The van der Waals surface area contributed by atoms with Crippen LogP contribution < -0.4 is 10.9 Å². The van der Waals surface area contributed by atoms with Crippen LogP contribution in [0.5, 0.6) is 0 Å². The molecule has 2 heterocycles. The fourth-order valence-corrected chi connectivity index (χ4v) is 5.56. The summed E-state index contributed by atoms with van der Waals surface area (Å²) in [5.74, 6) is 0.611. The normalized spacial score (nSPS) is 23.3. The van der Waals surface area contributed by atoms with Crippen LogP contribution in [0.4, 0.5) is 11.5 Å². The Balaban J connectivity index is 1.24. The molecule has 0 amide bonds. The summed E-state index contributed by atoms with van der Waals surface area (Å²) in [5, 5.41) is 19.4. The zero-order chi connectivity index (χ0) is 24.0. The van der Waals surface area contributed by atoms with E-state index in [1.165, 1.54) is 11.8 Å². The molecule has 1 unspecified atom stereocenters. The minimum Gasteiger partial charge on any atom is -0.481 e. The molecule has 0 saturated heterocycles. The van der Waals surface area contributed by atoms with Crippen molar-refractivity contribution in [2.45, 2.75) is 38.0 Å². The van der Waals surface area contributed by atoms with E-state index < -0.39 is 5.97 Å². The first-order valence-electron chi connectivity index (χ1n) is 11.9. The highest BCUT2D eigenvalue weighted by atomic mass is 16.4. The number of nitrogens with one attached hydrogen (secondary N) is 2. The third kappa shape index (κ3) is 3.95. The van der Waals surface area contributed by atoms with Crippen molar-refractivity contribution in [2.75, 3.05) is 5.32 Å². The number of aromatic amines is 1. The second-order valence-corrected chi connectivity index (χ2v) is 9.70. The number of anilines is 2. The summed E-state index contributed by atoms with van der Waals surface area (Å²) in [6.07, 6.45) is 6.39. The van der Waals surface area contributed by atoms with Crippen molar-refractivity contribution in [1.29, 1.82) is 0 Å². The molecule has 4 aromatic rings. The average Bonchev–Trinajstić information content (AvgIpc) is 3.59. The molecule has 2 aromatic carbocycles. The average molecular weight is 468 g/mol. The SMILES string of the molecule is O=C(O)C1CC12CCC(c1ccc(Nc3nc(-c4ccccc4)nc4cn[nH]c(=O)c34)cc1)CC2. The zero-order valence-corrected chi connectivity index (χ0v) is 19.1. The summed E-state index contributed by atoms with van der Waals surface area (Å²) in [5.41, 5.74) is 3.11. The predicted octanol–water partition coefficient (Wildman–Crippen LogP) is 4.87. The highest BCUT2D eigenvalue weighted by molar-refractivity contribution is 5.91. The van der Waals surface area contributed by atoms with Crippen LogP contribution in [-0.4, -0.2) is 31.2 Å². The molecule has 35 heavy (non-hydrogen) atoms. The van der Waals surface area contributed by atoms with Gasteiger partial charge in [0.15, 0.2) is 5.82 Å². The first kappa shape index (κ1) is 21.5. The molecule has 2 aliphatic carbocycles. The smallest absolute Gasteiger partial charge is 0.307 e. The fraction of sp³-hybridized carbons (Fsp3) is 0.296. The molecule has 1 atom stereocenters. The summed E-state index contributed by atoms with van der Waals surface area (Å²) in [7, 11) is 0. The lowest BCUT2D eigenvalue weighted by molar-refractivity contribution is -0.139. The molecule has 6 rings (SSSR count). The Bertz CT molecular complexity index is 1460. The van der Waals surface area contributed by atoms with Crippen LogP contribution in [0.3, 0.4) is 0 Å². The topological polar surface area (TPSA) is 121 Å². The molecule has 0 bridgehead atoms. The van der Waals surface area contributed by atoms with Gasteiger partial charge in [-0.05, 0) is 61.1 Å². The number of fused-ring (bicyclic) bond motifs is 1. The van der Waals surface area contributed by atoms with E-state index in [4.69, 9.17) is 0 Å². The van der Waals surface area contributed by atoms with Crippen LogP contribution in [0.15, 0.2) is 65.6 Å². The molecular formula is C27H25N5O3. The maximum Gasteiger partial charge on any atom is 0.307 e. The molecule has 1 spiro atoms. The summed E-state index contributed by atoms with van der Waals surface area (Å²) in [6, 6.07) is 17.8. The number of rotatable bonds is 5. The van der Waals surface area contributed by atoms with Gasteiger partial charge < -0.3 is 10.4 Å². The van der Waals surface area contributed by atoms with Gasteiger partial charge in [-0.2, -0.15) is 5.10 Å². The highest BCUT2D eigenvalue weighted by Gasteiger charge is 2.58. The first-order valence-corrected chi connectivity index (χ1v) is 11.9. The number of hydrogen-bond donors (Lipinski definition) is 3. The van der Waals surface area contributed by atoms with Crippen molar-refractivity contribution in [1.82, 2.24) is 20.2 Å². The Morgan fingerprint density at radius 3 is 2.46 bits per heavy atom. The number of hydrogen-bond acceptors (Lipinski definition) is 6. The molecule has 2 fully saturated rings. The van der Waals surface area contributed by atoms with Gasteiger partial charge in [0.1, 0.15) is 16.7 Å². The third-order valence-electron chi connectivity index (χ3n) is 7.66. The molecule has 2 aromatic heterocycles. The fourth-order valence-electron chi connectivity index (χ4n) is 5.56. The molecular weight excluding hydrogens is 442 g/mol. The first-order chi connectivity index (χ1) is 17.0. The maximum absolute atomic E-state index is 12.5. The van der Waals surface area contributed by atoms with E-state index in [9.17, 15) is 14.7 Å². The van der Waals surface area contributed by atoms with Crippen molar-refractivity contribution < 1.29 is 9.90 Å². The van der Waals surface area contributed by atoms with E-state index in [-0.39, 0.29) is 16.9 Å². The van der Waals surface area contributed by atoms with E-state index in [0.29, 0.717) is 28.5 Å². The van der Waals surface area contributed by atoms with E-state index in [2.05, 4.69) is 37.6 Å². The van der Waals surface area contributed by atoms with E-state index in [1.807, 2.05) is 42.5 Å². The molecule has 176 valence electrons. The van der Waals surface area contributed by atoms with E-state index in [1.54, 1.807) is 0 Å². The van der Waals surface area contributed by atoms with Crippen molar-refractivity contribution in [3.8, 4) is 11.4 Å². The Kier molecular flexibility index (Phi) is 5.09. The molecule has 2 saturated carbocycles. The number of carboxylic acids is 1. The highest BCUT2D eigenvalue weighted by Crippen LogP contribution is 2.63. The predicted molar refractivity (Wildman–Crippen MR) is 132 cm³/mol. The van der Waals surface area contributed by atoms with Gasteiger partial charge in [0.05, 0.1) is 12.1 Å². The number of aliphatic carboxylic acids is 1. The number of carboxylic acid groups (broad SMARTS) is 1. The number of carbonyl (C=O) groups is 1. The van der Waals surface area contributed by atoms with Crippen LogP contribution in [0, 0.1) is 11.3 Å². The van der Waals surface area contributed by atoms with E-state index in [0.717, 1.165) is 43.4 Å². The second kappa shape index (κ2) is 8.30. The van der Waals surface area contributed by atoms with Gasteiger partial charge in [0.2, 0.25) is 0 Å². The van der Waals surface area contributed by atoms with Gasteiger partial charge in [-0.15, -0.1) is 0 Å². The van der Waals surface area contributed by atoms with Gasteiger partial charge >= 0.3 is 5.97 Å². The molecule has 3 N–H and O–H groups in total. The Morgan fingerprint density at radius 2 is 1.77 bits per heavy atom.